The smallest absolute Gasteiger partial charge is 0.237 e. The van der Waals surface area contributed by atoms with Gasteiger partial charge >= 0.3 is 0 Å². The van der Waals surface area contributed by atoms with Gasteiger partial charge < -0.3 is 9.88 Å². The summed E-state index contributed by atoms with van der Waals surface area (Å²) in [6.07, 6.45) is 2.33. The fourth-order valence-corrected chi connectivity index (χ4v) is 4.21. The van der Waals surface area contributed by atoms with Crippen LogP contribution in [0.25, 0.3) is 0 Å². The van der Waals surface area contributed by atoms with E-state index in [2.05, 4.69) is 58.2 Å². The summed E-state index contributed by atoms with van der Waals surface area (Å²) in [5.41, 5.74) is 3.29. The largest absolute Gasteiger partial charge is 0.325 e. The van der Waals surface area contributed by atoms with Crippen LogP contribution in [0.3, 0.4) is 0 Å². The molecule has 30 heavy (non-hydrogen) atoms. The fraction of sp³-hybridized carbons (Fsp3) is 0.375. The average Bonchev–Trinajstić information content (AvgIpc) is 3.52. The van der Waals surface area contributed by atoms with Crippen molar-refractivity contribution in [2.75, 3.05) is 5.32 Å². The van der Waals surface area contributed by atoms with Gasteiger partial charge in [-0.3, -0.25) is 4.79 Å². The van der Waals surface area contributed by atoms with Crippen molar-refractivity contribution in [3.8, 4) is 0 Å². The van der Waals surface area contributed by atoms with Crippen LogP contribution >= 0.6 is 11.8 Å². The van der Waals surface area contributed by atoms with Crippen molar-refractivity contribution >= 4 is 23.4 Å². The van der Waals surface area contributed by atoms with E-state index in [9.17, 15) is 4.79 Å². The van der Waals surface area contributed by atoms with Crippen molar-refractivity contribution in [1.29, 1.82) is 0 Å². The molecule has 4 rings (SSSR count). The molecule has 3 aromatic rings. The summed E-state index contributed by atoms with van der Waals surface area (Å²) in [7, 11) is 0. The van der Waals surface area contributed by atoms with Crippen molar-refractivity contribution in [1.82, 2.24) is 14.8 Å². The van der Waals surface area contributed by atoms with Crippen molar-refractivity contribution in [3.63, 3.8) is 0 Å². The fourth-order valence-electron chi connectivity index (χ4n) is 3.35. The zero-order valence-electron chi connectivity index (χ0n) is 17.7. The minimum atomic E-state index is -0.277. The van der Waals surface area contributed by atoms with Crippen LogP contribution in [0.2, 0.25) is 0 Å². The molecule has 2 aromatic carbocycles. The van der Waals surface area contributed by atoms with Crippen molar-refractivity contribution < 1.29 is 4.79 Å². The molecule has 0 unspecified atom stereocenters. The molecule has 6 heteroatoms. The summed E-state index contributed by atoms with van der Waals surface area (Å²) in [6, 6.07) is 18.4. The predicted octanol–water partition coefficient (Wildman–Crippen LogP) is 5.45. The quantitative estimate of drug-likeness (QED) is 0.493. The first-order valence-corrected chi connectivity index (χ1v) is 11.4. The van der Waals surface area contributed by atoms with E-state index in [-0.39, 0.29) is 11.2 Å². The zero-order chi connectivity index (χ0) is 21.1. The molecule has 1 fully saturated rings. The van der Waals surface area contributed by atoms with Gasteiger partial charge in [0.25, 0.3) is 0 Å². The number of hydrogen-bond acceptors (Lipinski definition) is 4. The molecule has 1 aromatic heterocycles. The zero-order valence-corrected chi connectivity index (χ0v) is 18.5. The number of rotatable bonds is 8. The first-order chi connectivity index (χ1) is 14.5. The summed E-state index contributed by atoms with van der Waals surface area (Å²) in [6.45, 7) is 6.97. The molecule has 156 valence electrons. The van der Waals surface area contributed by atoms with Gasteiger partial charge in [-0.1, -0.05) is 68.1 Å². The first kappa shape index (κ1) is 20.7. The minimum absolute atomic E-state index is 0.0282. The van der Waals surface area contributed by atoms with Crippen molar-refractivity contribution in [3.05, 3.63) is 71.5 Å². The highest BCUT2D eigenvalue weighted by Crippen LogP contribution is 2.40. The van der Waals surface area contributed by atoms with Crippen molar-refractivity contribution in [2.45, 2.75) is 62.4 Å². The number of nitrogens with zero attached hydrogens (tertiary/aromatic N) is 3. The summed E-state index contributed by atoms with van der Waals surface area (Å²) in [5.74, 6) is 1.98. The Kier molecular flexibility index (Phi) is 6.23. The Bertz CT molecular complexity index is 994. The number of hydrogen-bond donors (Lipinski definition) is 1. The topological polar surface area (TPSA) is 59.8 Å². The number of benzene rings is 2. The third-order valence-electron chi connectivity index (χ3n) is 5.37. The third kappa shape index (κ3) is 4.93. The molecule has 0 saturated heterocycles. The Morgan fingerprint density at radius 1 is 1.07 bits per heavy atom. The highest BCUT2D eigenvalue weighted by atomic mass is 32.2. The average molecular weight is 421 g/mol. The maximum absolute atomic E-state index is 12.8. The summed E-state index contributed by atoms with van der Waals surface area (Å²) in [4.78, 5) is 12.8. The normalized spacial score (nSPS) is 14.7. The molecular weight excluding hydrogens is 392 g/mol. The minimum Gasteiger partial charge on any atom is -0.325 e. The van der Waals surface area contributed by atoms with Gasteiger partial charge in [0.2, 0.25) is 5.91 Å². The maximum Gasteiger partial charge on any atom is 0.237 e. The van der Waals surface area contributed by atoms with Crippen LogP contribution in [-0.4, -0.2) is 25.9 Å². The molecule has 5 nitrogen and oxygen atoms in total. The Hall–Kier alpha value is -2.60. The molecular formula is C24H28N4OS. The van der Waals surface area contributed by atoms with Crippen LogP contribution in [-0.2, 0) is 11.3 Å². The van der Waals surface area contributed by atoms with Crippen LogP contribution in [0.5, 0.6) is 0 Å². The lowest BCUT2D eigenvalue weighted by Gasteiger charge is -2.14. The van der Waals surface area contributed by atoms with E-state index in [4.69, 9.17) is 0 Å². The maximum atomic E-state index is 12.8. The lowest BCUT2D eigenvalue weighted by atomic mass is 10.0. The van der Waals surface area contributed by atoms with E-state index < -0.39 is 0 Å². The lowest BCUT2D eigenvalue weighted by molar-refractivity contribution is -0.115. The van der Waals surface area contributed by atoms with Crippen molar-refractivity contribution in [2.24, 2.45) is 0 Å². The molecule has 0 radical (unpaired) electrons. The van der Waals surface area contributed by atoms with Gasteiger partial charge in [0.15, 0.2) is 5.16 Å². The van der Waals surface area contributed by atoms with Crippen LogP contribution < -0.4 is 5.32 Å². The molecule has 1 saturated carbocycles. The lowest BCUT2D eigenvalue weighted by Crippen LogP contribution is -2.23. The highest BCUT2D eigenvalue weighted by Gasteiger charge is 2.31. The van der Waals surface area contributed by atoms with Crippen LogP contribution in [0.1, 0.15) is 62.4 Å². The number of aromatic nitrogens is 3. The Labute approximate surface area is 182 Å². The second kappa shape index (κ2) is 9.04. The number of nitrogens with one attached hydrogen (secondary N) is 1. The van der Waals surface area contributed by atoms with Crippen LogP contribution in [0.15, 0.2) is 59.8 Å². The number of carbonyl (C=O) groups is 1. The summed E-state index contributed by atoms with van der Waals surface area (Å²) < 4.78 is 2.18. The van der Waals surface area contributed by atoms with E-state index in [1.165, 1.54) is 35.7 Å². The molecule has 1 amide bonds. The Morgan fingerprint density at radius 2 is 1.77 bits per heavy atom. The standard InChI is InChI=1S/C24H28N4OS/c1-16(2)19-11-13-21(14-12-19)25-23(29)17(3)30-24-27-26-22(20-9-10-20)28(24)15-18-7-5-4-6-8-18/h4-8,11-14,16-17,20H,9-10,15H2,1-3H3,(H,25,29)/t17-/m0/s1. The third-order valence-corrected chi connectivity index (χ3v) is 6.45. The molecule has 0 spiro atoms. The second-order valence-electron chi connectivity index (χ2n) is 8.21. The number of thioether (sulfide) groups is 1. The van der Waals surface area contributed by atoms with Gasteiger partial charge in [-0.2, -0.15) is 0 Å². The Balaban J connectivity index is 1.45. The van der Waals surface area contributed by atoms with Gasteiger partial charge in [-0.15, -0.1) is 10.2 Å². The second-order valence-corrected chi connectivity index (χ2v) is 9.52. The first-order valence-electron chi connectivity index (χ1n) is 10.6. The van der Waals surface area contributed by atoms with E-state index in [0.717, 1.165) is 23.2 Å². The Morgan fingerprint density at radius 3 is 2.40 bits per heavy atom. The van der Waals surface area contributed by atoms with Gasteiger partial charge in [0.05, 0.1) is 11.8 Å². The van der Waals surface area contributed by atoms with Crippen LogP contribution in [0, 0.1) is 0 Å². The van der Waals surface area contributed by atoms with Gasteiger partial charge in [-0.05, 0) is 48.9 Å². The number of amides is 1. The monoisotopic (exact) mass is 420 g/mol. The van der Waals surface area contributed by atoms with Gasteiger partial charge in [0.1, 0.15) is 5.82 Å². The van der Waals surface area contributed by atoms with E-state index in [1.807, 2.05) is 37.3 Å². The summed E-state index contributed by atoms with van der Waals surface area (Å²) >= 11 is 1.47. The SMILES string of the molecule is CC(C)c1ccc(NC(=O)[C@H](C)Sc2nnc(C3CC3)n2Cc2ccccc2)cc1. The summed E-state index contributed by atoms with van der Waals surface area (Å²) in [5, 5.41) is 12.4. The van der Waals surface area contributed by atoms with Gasteiger partial charge in [0, 0.05) is 11.6 Å². The predicted molar refractivity (Wildman–Crippen MR) is 122 cm³/mol. The molecule has 0 bridgehead atoms. The molecule has 1 heterocycles. The molecule has 0 aliphatic heterocycles. The molecule has 1 aliphatic carbocycles. The molecule has 1 aliphatic rings. The number of anilines is 1. The molecule has 1 atom stereocenters. The van der Waals surface area contributed by atoms with E-state index in [1.54, 1.807) is 0 Å². The molecule has 1 N–H and O–H groups in total. The van der Waals surface area contributed by atoms with Crippen LogP contribution in [0.4, 0.5) is 5.69 Å². The number of carbonyl (C=O) groups excluding carboxylic acids is 1. The van der Waals surface area contributed by atoms with E-state index >= 15 is 0 Å². The van der Waals surface area contributed by atoms with Gasteiger partial charge in [-0.25, -0.2) is 0 Å². The van der Waals surface area contributed by atoms with E-state index in [0.29, 0.717) is 11.8 Å². The highest BCUT2D eigenvalue weighted by molar-refractivity contribution is 8.00.